The average molecular weight is 317 g/mol. The van der Waals surface area contributed by atoms with Crippen molar-refractivity contribution in [2.75, 3.05) is 0 Å². The van der Waals surface area contributed by atoms with Gasteiger partial charge in [0.05, 0.1) is 0 Å². The van der Waals surface area contributed by atoms with Gasteiger partial charge >= 0.3 is 0 Å². The second-order valence-corrected chi connectivity index (χ2v) is 7.22. The van der Waals surface area contributed by atoms with Gasteiger partial charge in [0.1, 0.15) is 0 Å². The predicted molar refractivity (Wildman–Crippen MR) is 89.8 cm³/mol. The maximum absolute atomic E-state index is 12.7. The van der Waals surface area contributed by atoms with Crippen molar-refractivity contribution in [1.82, 2.24) is 10.6 Å². The number of fused-ring (bicyclic) bond motifs is 1. The molecule has 0 saturated heterocycles. The Labute approximate surface area is 136 Å². The summed E-state index contributed by atoms with van der Waals surface area (Å²) in [6, 6.07) is 8.40. The molecule has 0 radical (unpaired) electrons. The summed E-state index contributed by atoms with van der Waals surface area (Å²) in [4.78, 5) is 11.5. The smallest absolute Gasteiger partial charge is 0.265 e. The lowest BCUT2D eigenvalue weighted by molar-refractivity contribution is -0.124. The number of allylic oxidation sites excluding steroid dienone is 2. The Morgan fingerprint density at radius 1 is 1.27 bits per heavy atom. The number of carbonyl (C=O) groups excluding carboxylic acids is 1. The van der Waals surface area contributed by atoms with Gasteiger partial charge in [0.25, 0.3) is 5.91 Å². The molecule has 2 aliphatic rings. The molecule has 3 unspecified atom stereocenters. The van der Waals surface area contributed by atoms with Gasteiger partial charge in [-0.3, -0.25) is 4.79 Å². The largest absolute Gasteiger partial charge is 0.362 e. The van der Waals surface area contributed by atoms with Crippen LogP contribution in [0.5, 0.6) is 0 Å². The molecular weight excluding hydrogens is 296 g/mol. The minimum absolute atomic E-state index is 0.00845. The highest BCUT2D eigenvalue weighted by Gasteiger charge is 2.46. The lowest BCUT2D eigenvalue weighted by Gasteiger charge is -2.34. The lowest BCUT2D eigenvalue weighted by Crippen LogP contribution is -2.56. The van der Waals surface area contributed by atoms with Gasteiger partial charge in [-0.05, 0) is 29.5 Å². The Bertz CT molecular complexity index is 665. The van der Waals surface area contributed by atoms with Crippen LogP contribution >= 0.6 is 11.6 Å². The monoisotopic (exact) mass is 316 g/mol. The molecule has 1 aromatic rings. The van der Waals surface area contributed by atoms with Crippen molar-refractivity contribution in [1.29, 1.82) is 0 Å². The third kappa shape index (κ3) is 2.24. The van der Waals surface area contributed by atoms with Crippen molar-refractivity contribution in [2.24, 2.45) is 0 Å². The van der Waals surface area contributed by atoms with E-state index >= 15 is 0 Å². The summed E-state index contributed by atoms with van der Waals surface area (Å²) in [5, 5.41) is 6.08. The van der Waals surface area contributed by atoms with Crippen LogP contribution in [-0.2, 0) is 10.2 Å². The Balaban J connectivity index is 1.86. The first-order valence-electron chi connectivity index (χ1n) is 7.57. The lowest BCUT2D eigenvalue weighted by atomic mass is 9.81. The van der Waals surface area contributed by atoms with Crippen LogP contribution in [0.1, 0.15) is 37.8 Å². The van der Waals surface area contributed by atoms with E-state index < -0.39 is 5.00 Å². The Hall–Kier alpha value is -1.74. The van der Waals surface area contributed by atoms with E-state index in [-0.39, 0.29) is 23.3 Å². The van der Waals surface area contributed by atoms with Crippen molar-refractivity contribution in [3.05, 3.63) is 59.8 Å². The molecule has 22 heavy (non-hydrogen) atoms. The molecule has 4 heteroatoms. The van der Waals surface area contributed by atoms with Gasteiger partial charge in [-0.15, -0.1) is 0 Å². The summed E-state index contributed by atoms with van der Waals surface area (Å²) in [6.07, 6.45) is 6.95. The molecule has 3 atom stereocenters. The van der Waals surface area contributed by atoms with Crippen LogP contribution in [0.15, 0.2) is 48.7 Å². The van der Waals surface area contributed by atoms with Gasteiger partial charge < -0.3 is 10.6 Å². The Morgan fingerprint density at radius 3 is 2.64 bits per heavy atom. The summed E-state index contributed by atoms with van der Waals surface area (Å²) in [5.74, 6) is 0.0334. The van der Waals surface area contributed by atoms with Gasteiger partial charge in [-0.1, -0.05) is 62.7 Å². The molecule has 1 aliphatic carbocycles. The molecule has 1 amide bonds. The van der Waals surface area contributed by atoms with E-state index in [1.165, 1.54) is 11.1 Å². The van der Waals surface area contributed by atoms with E-state index in [4.69, 9.17) is 11.6 Å². The van der Waals surface area contributed by atoms with Gasteiger partial charge in [-0.25, -0.2) is 0 Å². The first kappa shape index (κ1) is 15.2. The van der Waals surface area contributed by atoms with E-state index in [1.807, 2.05) is 6.08 Å². The van der Waals surface area contributed by atoms with E-state index in [2.05, 4.69) is 55.7 Å². The average Bonchev–Trinajstić information content (AvgIpc) is 2.69. The van der Waals surface area contributed by atoms with Crippen molar-refractivity contribution in [2.45, 2.75) is 43.1 Å². The fraction of sp³-hybridized carbons (Fsp3) is 0.389. The number of halogens is 1. The maximum atomic E-state index is 12.7. The number of nitrogens with one attached hydrogen (secondary N) is 2. The molecule has 1 aliphatic heterocycles. The van der Waals surface area contributed by atoms with E-state index in [0.717, 1.165) is 0 Å². The highest BCUT2D eigenvalue weighted by atomic mass is 35.5. The van der Waals surface area contributed by atoms with Crippen molar-refractivity contribution >= 4 is 17.5 Å². The molecular formula is C18H21ClN2O. The molecule has 1 heterocycles. The van der Waals surface area contributed by atoms with Crippen LogP contribution in [0.25, 0.3) is 0 Å². The summed E-state index contributed by atoms with van der Waals surface area (Å²) in [7, 11) is 0. The number of amides is 1. The van der Waals surface area contributed by atoms with Gasteiger partial charge in [-0.2, -0.15) is 0 Å². The van der Waals surface area contributed by atoms with E-state index in [9.17, 15) is 4.79 Å². The molecule has 0 spiro atoms. The fourth-order valence-electron chi connectivity index (χ4n) is 3.61. The molecule has 3 nitrogen and oxygen atoms in total. The highest BCUT2D eigenvalue weighted by molar-refractivity contribution is 6.36. The van der Waals surface area contributed by atoms with Crippen LogP contribution in [0.2, 0.25) is 0 Å². The standard InChI is InChI=1S/C18H21ClN2O/c1-12-13-8-4-5-9-14(13)17(2,3)15(12)21-16(22)18(19)10-6-7-11-20-18/h4-12,15,20H,1-3H3,(H,21,22). The second kappa shape index (κ2) is 5.17. The number of hydrogen-bond donors (Lipinski definition) is 2. The summed E-state index contributed by atoms with van der Waals surface area (Å²) in [6.45, 7) is 6.50. The molecule has 1 aromatic carbocycles. The maximum Gasteiger partial charge on any atom is 0.265 e. The Morgan fingerprint density at radius 2 is 2.00 bits per heavy atom. The third-order valence-electron chi connectivity index (χ3n) is 4.87. The summed E-state index contributed by atoms with van der Waals surface area (Å²) in [5.41, 5.74) is 2.46. The van der Waals surface area contributed by atoms with Crippen molar-refractivity contribution < 1.29 is 4.79 Å². The highest BCUT2D eigenvalue weighted by Crippen LogP contribution is 2.45. The molecule has 0 aromatic heterocycles. The molecule has 0 saturated carbocycles. The molecule has 0 fully saturated rings. The number of rotatable bonds is 2. The van der Waals surface area contributed by atoms with Crippen molar-refractivity contribution in [3.8, 4) is 0 Å². The number of carbonyl (C=O) groups is 1. The summed E-state index contributed by atoms with van der Waals surface area (Å²) < 4.78 is 0. The molecule has 0 bridgehead atoms. The number of benzene rings is 1. The minimum Gasteiger partial charge on any atom is -0.362 e. The number of alkyl halides is 1. The van der Waals surface area contributed by atoms with Crippen LogP contribution in [0, 0.1) is 0 Å². The van der Waals surface area contributed by atoms with Crippen LogP contribution in [0.3, 0.4) is 0 Å². The number of hydrogen-bond acceptors (Lipinski definition) is 2. The minimum atomic E-state index is -1.21. The molecule has 3 rings (SSSR count). The second-order valence-electron chi connectivity index (χ2n) is 6.62. The first-order valence-corrected chi connectivity index (χ1v) is 7.95. The zero-order chi connectivity index (χ0) is 16.0. The Kier molecular flexibility index (Phi) is 3.56. The number of dihydropyridines is 1. The van der Waals surface area contributed by atoms with Crippen LogP contribution in [-0.4, -0.2) is 16.9 Å². The molecule has 116 valence electrons. The van der Waals surface area contributed by atoms with Crippen LogP contribution < -0.4 is 10.6 Å². The first-order chi connectivity index (χ1) is 10.4. The van der Waals surface area contributed by atoms with Gasteiger partial charge in [0.15, 0.2) is 0 Å². The zero-order valence-corrected chi connectivity index (χ0v) is 13.8. The normalized spacial score (nSPS) is 31.5. The molecule has 2 N–H and O–H groups in total. The quantitative estimate of drug-likeness (QED) is 0.650. The zero-order valence-electron chi connectivity index (χ0n) is 13.1. The SMILES string of the molecule is CC1c2ccccc2C(C)(C)C1NC(=O)C1(Cl)C=CC=CN1. The fourth-order valence-corrected chi connectivity index (χ4v) is 3.80. The third-order valence-corrected chi connectivity index (χ3v) is 5.27. The summed E-state index contributed by atoms with van der Waals surface area (Å²) >= 11 is 6.39. The van der Waals surface area contributed by atoms with E-state index in [0.29, 0.717) is 0 Å². The van der Waals surface area contributed by atoms with Gasteiger partial charge in [0.2, 0.25) is 5.00 Å². The van der Waals surface area contributed by atoms with Crippen molar-refractivity contribution in [3.63, 3.8) is 0 Å². The predicted octanol–water partition coefficient (Wildman–Crippen LogP) is 3.17. The topological polar surface area (TPSA) is 41.1 Å². The van der Waals surface area contributed by atoms with Gasteiger partial charge in [0, 0.05) is 17.4 Å². The van der Waals surface area contributed by atoms with E-state index in [1.54, 1.807) is 18.4 Å². The van der Waals surface area contributed by atoms with Crippen LogP contribution in [0.4, 0.5) is 0 Å².